The topological polar surface area (TPSA) is 114 Å². The van der Waals surface area contributed by atoms with Gasteiger partial charge in [-0.3, -0.25) is 14.2 Å². The molecule has 1 N–H and O–H groups in total. The summed E-state index contributed by atoms with van der Waals surface area (Å²) in [5.74, 6) is -0.592. The highest BCUT2D eigenvalue weighted by molar-refractivity contribution is 7.45. The van der Waals surface area contributed by atoms with E-state index in [1.807, 2.05) is 33.3 Å². The number of unbranched alkanes of at least 4 members (excludes halogenated alkanes) is 22. The van der Waals surface area contributed by atoms with Gasteiger partial charge in [-0.15, -0.1) is 0 Å². The summed E-state index contributed by atoms with van der Waals surface area (Å²) >= 11 is 0. The lowest BCUT2D eigenvalue weighted by molar-refractivity contribution is -0.870. The van der Waals surface area contributed by atoms with Crippen LogP contribution in [0.4, 0.5) is 0 Å². The number of phosphoric acid groups is 1. The summed E-state index contributed by atoms with van der Waals surface area (Å²) in [4.78, 5) is 39.8. The number of amides is 1. The first-order valence-corrected chi connectivity index (χ1v) is 29.9. The van der Waals surface area contributed by atoms with E-state index in [0.29, 0.717) is 23.9 Å². The summed E-state index contributed by atoms with van der Waals surface area (Å²) in [6.45, 7) is 6.65. The molecule has 0 aromatic rings. The van der Waals surface area contributed by atoms with Crippen LogP contribution in [-0.4, -0.2) is 69.4 Å². The average Bonchev–Trinajstić information content (AvgIpc) is 3.32. The van der Waals surface area contributed by atoms with Gasteiger partial charge in [0.2, 0.25) is 5.91 Å². The van der Waals surface area contributed by atoms with Gasteiger partial charge < -0.3 is 28.5 Å². The highest BCUT2D eigenvalue weighted by Crippen LogP contribution is 2.38. The minimum absolute atomic E-state index is 0.0338. The molecule has 404 valence electrons. The molecule has 0 aliphatic rings. The van der Waals surface area contributed by atoms with E-state index in [9.17, 15) is 19.0 Å². The zero-order valence-electron chi connectivity index (χ0n) is 45.9. The largest absolute Gasteiger partial charge is 0.756 e. The van der Waals surface area contributed by atoms with Crippen LogP contribution in [0.2, 0.25) is 0 Å². The van der Waals surface area contributed by atoms with E-state index in [-0.39, 0.29) is 31.3 Å². The Morgan fingerprint density at radius 3 is 1.41 bits per heavy atom. The minimum Gasteiger partial charge on any atom is -0.756 e. The third-order valence-electron chi connectivity index (χ3n) is 12.1. The Hall–Kier alpha value is -2.81. The summed E-state index contributed by atoms with van der Waals surface area (Å²) in [5.41, 5.74) is 0. The van der Waals surface area contributed by atoms with E-state index in [0.717, 1.165) is 96.3 Å². The Balaban J connectivity index is 5.39. The maximum atomic E-state index is 13.5. The fourth-order valence-corrected chi connectivity index (χ4v) is 8.38. The number of carbonyl (C=O) groups excluding carboxylic acids is 2. The smallest absolute Gasteiger partial charge is 0.306 e. The van der Waals surface area contributed by atoms with Crippen molar-refractivity contribution in [2.24, 2.45) is 0 Å². The number of quaternary nitrogens is 1. The standard InChI is InChI=1S/C60H107N2O7P/c1-7-10-13-16-19-22-25-27-29-30-31-32-33-34-37-40-43-46-49-52-59(63)61-57(56-68-70(65,66)67-55-54-62(4,5)6)58(51-48-45-42-39-36-24-21-18-15-12-9-3)69-60(64)53-50-47-44-41-38-35-28-26-23-20-17-14-11-8-2/h11,14,19-20,22-23,27,29,31-32,34,37,48,51,57-58H,7-10,12-13,15-18,21,24-26,28,30,33,35-36,38-47,49-50,52-56H2,1-6H3,(H-,61,63,65,66)/b14-11+,22-19-,23-20+,29-27-,32-31-,37-34-,51-48-. The van der Waals surface area contributed by atoms with Crippen molar-refractivity contribution in [2.75, 3.05) is 40.9 Å². The van der Waals surface area contributed by atoms with Crippen molar-refractivity contribution in [2.45, 2.75) is 245 Å². The highest BCUT2D eigenvalue weighted by atomic mass is 31.2. The molecule has 9 nitrogen and oxygen atoms in total. The van der Waals surface area contributed by atoms with Gasteiger partial charge in [0.1, 0.15) is 19.3 Å². The first-order valence-electron chi connectivity index (χ1n) is 28.4. The van der Waals surface area contributed by atoms with Crippen molar-refractivity contribution in [3.05, 3.63) is 85.1 Å². The van der Waals surface area contributed by atoms with Gasteiger partial charge in [-0.1, -0.05) is 202 Å². The van der Waals surface area contributed by atoms with Gasteiger partial charge in [-0.05, 0) is 102 Å². The Morgan fingerprint density at radius 1 is 0.514 bits per heavy atom. The molecule has 0 rings (SSSR count). The lowest BCUT2D eigenvalue weighted by Gasteiger charge is -2.30. The number of phosphoric ester groups is 1. The van der Waals surface area contributed by atoms with E-state index in [2.05, 4.69) is 99.0 Å². The fraction of sp³-hybridized carbons (Fsp3) is 0.733. The number of likely N-dealkylation sites (N-methyl/N-ethyl adjacent to an activating group) is 1. The predicted octanol–water partition coefficient (Wildman–Crippen LogP) is 16.4. The monoisotopic (exact) mass is 999 g/mol. The molecule has 0 aliphatic heterocycles. The first-order chi connectivity index (χ1) is 33.9. The van der Waals surface area contributed by atoms with Gasteiger partial charge in [0.15, 0.2) is 0 Å². The van der Waals surface area contributed by atoms with Crippen LogP contribution in [-0.2, 0) is 27.9 Å². The van der Waals surface area contributed by atoms with E-state index in [1.54, 1.807) is 0 Å². The van der Waals surface area contributed by atoms with Gasteiger partial charge in [0, 0.05) is 12.8 Å². The Labute approximate surface area is 431 Å². The highest BCUT2D eigenvalue weighted by Gasteiger charge is 2.27. The first kappa shape index (κ1) is 67.2. The fourth-order valence-electron chi connectivity index (χ4n) is 7.66. The molecular weight excluding hydrogens is 892 g/mol. The van der Waals surface area contributed by atoms with Crippen molar-refractivity contribution in [3.63, 3.8) is 0 Å². The molecule has 0 fully saturated rings. The Bertz CT molecular complexity index is 1480. The van der Waals surface area contributed by atoms with Gasteiger partial charge in [-0.2, -0.15) is 0 Å². The summed E-state index contributed by atoms with van der Waals surface area (Å²) in [6.07, 6.45) is 64.0. The summed E-state index contributed by atoms with van der Waals surface area (Å²) in [6, 6.07) is -0.911. The summed E-state index contributed by atoms with van der Waals surface area (Å²) in [5, 5.41) is 3.00. The molecule has 0 heterocycles. The molecule has 3 atom stereocenters. The molecule has 0 spiro atoms. The van der Waals surface area contributed by atoms with E-state index < -0.39 is 26.6 Å². The Morgan fingerprint density at radius 2 is 0.914 bits per heavy atom. The van der Waals surface area contributed by atoms with Crippen molar-refractivity contribution < 1.29 is 37.3 Å². The normalized spacial score (nSPS) is 14.4. The van der Waals surface area contributed by atoms with Crippen molar-refractivity contribution >= 4 is 19.7 Å². The molecule has 1 amide bonds. The lowest BCUT2D eigenvalue weighted by atomic mass is 10.1. The number of nitrogens with zero attached hydrogens (tertiary/aromatic N) is 1. The van der Waals surface area contributed by atoms with Crippen LogP contribution in [0.3, 0.4) is 0 Å². The van der Waals surface area contributed by atoms with Crippen LogP contribution in [0, 0.1) is 0 Å². The number of allylic oxidation sites excluding steroid dienone is 13. The maximum absolute atomic E-state index is 13.5. The van der Waals surface area contributed by atoms with Crippen LogP contribution < -0.4 is 10.2 Å². The number of nitrogens with one attached hydrogen (secondary N) is 1. The number of carbonyl (C=O) groups is 2. The van der Waals surface area contributed by atoms with Crippen molar-refractivity contribution in [3.8, 4) is 0 Å². The molecule has 70 heavy (non-hydrogen) atoms. The minimum atomic E-state index is -4.71. The number of hydrogen-bond donors (Lipinski definition) is 1. The SMILES string of the molecule is CC/C=C/C/C=C/CCCCCCCCCC(=O)OC(/C=C\CCCCCCCCCCC)C(COP(=O)([O-])OCC[N+](C)(C)C)NC(=O)CCCCC/C=C\C/C=C\C/C=C\C/C=C\CCCCC. The molecule has 0 saturated carbocycles. The third kappa shape index (κ3) is 50.1. The molecule has 10 heteroatoms. The molecule has 0 aromatic carbocycles. The number of ether oxygens (including phenoxy) is 1. The van der Waals surface area contributed by atoms with E-state index in [4.69, 9.17) is 13.8 Å². The van der Waals surface area contributed by atoms with Gasteiger partial charge in [0.25, 0.3) is 7.82 Å². The van der Waals surface area contributed by atoms with Crippen LogP contribution >= 0.6 is 7.82 Å². The number of rotatable bonds is 50. The molecule has 0 aliphatic carbocycles. The number of hydrogen-bond acceptors (Lipinski definition) is 7. The zero-order valence-corrected chi connectivity index (χ0v) is 46.8. The Kier molecular flexibility index (Phi) is 47.8. The molecule has 0 bridgehead atoms. The summed E-state index contributed by atoms with van der Waals surface area (Å²) < 4.78 is 30.2. The quantitative estimate of drug-likeness (QED) is 0.0212. The van der Waals surface area contributed by atoms with Gasteiger partial charge in [-0.25, -0.2) is 0 Å². The van der Waals surface area contributed by atoms with Crippen molar-refractivity contribution in [1.82, 2.24) is 5.32 Å². The van der Waals surface area contributed by atoms with Crippen LogP contribution in [0.15, 0.2) is 85.1 Å². The second kappa shape index (κ2) is 49.8. The number of esters is 1. The van der Waals surface area contributed by atoms with Crippen LogP contribution in [0.5, 0.6) is 0 Å². The zero-order chi connectivity index (χ0) is 51.5. The van der Waals surface area contributed by atoms with E-state index >= 15 is 0 Å². The van der Waals surface area contributed by atoms with Crippen LogP contribution in [0.25, 0.3) is 0 Å². The third-order valence-corrected chi connectivity index (χ3v) is 13.0. The predicted molar refractivity (Wildman–Crippen MR) is 298 cm³/mol. The van der Waals surface area contributed by atoms with E-state index in [1.165, 1.54) is 89.9 Å². The molecular formula is C60H107N2O7P. The van der Waals surface area contributed by atoms with Crippen molar-refractivity contribution in [1.29, 1.82) is 0 Å². The molecule has 0 saturated heterocycles. The average molecular weight is 999 g/mol. The van der Waals surface area contributed by atoms with Crippen LogP contribution in [0.1, 0.15) is 233 Å². The van der Waals surface area contributed by atoms with Gasteiger partial charge in [0.05, 0.1) is 33.8 Å². The molecule has 3 unspecified atom stereocenters. The molecule has 0 radical (unpaired) electrons. The van der Waals surface area contributed by atoms with Gasteiger partial charge >= 0.3 is 5.97 Å². The second-order valence-corrected chi connectivity index (χ2v) is 21.5. The maximum Gasteiger partial charge on any atom is 0.306 e. The second-order valence-electron chi connectivity index (χ2n) is 20.1. The molecule has 0 aromatic heterocycles. The lowest BCUT2D eigenvalue weighted by Crippen LogP contribution is -2.47. The summed E-state index contributed by atoms with van der Waals surface area (Å²) in [7, 11) is 1.15.